The second kappa shape index (κ2) is 6.40. The summed E-state index contributed by atoms with van der Waals surface area (Å²) in [4.78, 5) is 14.3. The van der Waals surface area contributed by atoms with E-state index in [2.05, 4.69) is 12.2 Å². The summed E-state index contributed by atoms with van der Waals surface area (Å²) in [5.74, 6) is 0.209. The second-order valence-electron chi connectivity index (χ2n) is 4.97. The molecule has 1 amide bonds. The standard InChI is InChI=1S/C15H21ClN2O/c1-3-5-9-18-14(17-13(4-2)15(18)19)11-7-6-8-12(16)10-11/h6-8,10,13-14,17H,3-5,9H2,1-2H3. The third kappa shape index (κ3) is 3.10. The van der Waals surface area contributed by atoms with Crippen LogP contribution in [0.25, 0.3) is 0 Å². The third-order valence-electron chi connectivity index (χ3n) is 3.58. The molecule has 0 aliphatic carbocycles. The Bertz CT molecular complexity index is 450. The Morgan fingerprint density at radius 2 is 2.16 bits per heavy atom. The molecule has 0 radical (unpaired) electrons. The number of halogens is 1. The van der Waals surface area contributed by atoms with Crippen LogP contribution in [0.15, 0.2) is 24.3 Å². The zero-order valence-electron chi connectivity index (χ0n) is 11.5. The quantitative estimate of drug-likeness (QED) is 0.897. The Balaban J connectivity index is 2.23. The van der Waals surface area contributed by atoms with Crippen LogP contribution in [0.5, 0.6) is 0 Å². The lowest BCUT2D eigenvalue weighted by atomic mass is 10.1. The first-order chi connectivity index (χ1) is 9.17. The molecule has 0 bridgehead atoms. The summed E-state index contributed by atoms with van der Waals surface area (Å²) in [5, 5.41) is 4.12. The lowest BCUT2D eigenvalue weighted by Gasteiger charge is -2.24. The molecule has 1 saturated heterocycles. The van der Waals surface area contributed by atoms with E-state index in [9.17, 15) is 4.79 Å². The molecule has 1 N–H and O–H groups in total. The van der Waals surface area contributed by atoms with Crippen LogP contribution in [0.1, 0.15) is 44.8 Å². The maximum Gasteiger partial charge on any atom is 0.241 e. The van der Waals surface area contributed by atoms with Crippen molar-refractivity contribution in [2.45, 2.75) is 45.3 Å². The van der Waals surface area contributed by atoms with Gasteiger partial charge in [-0.15, -0.1) is 0 Å². The number of hydrogen-bond acceptors (Lipinski definition) is 2. The summed E-state index contributed by atoms with van der Waals surface area (Å²) in [5.41, 5.74) is 1.06. The van der Waals surface area contributed by atoms with Crippen molar-refractivity contribution < 1.29 is 4.79 Å². The highest BCUT2D eigenvalue weighted by Gasteiger charge is 2.37. The van der Waals surface area contributed by atoms with E-state index < -0.39 is 0 Å². The topological polar surface area (TPSA) is 32.3 Å². The van der Waals surface area contributed by atoms with Gasteiger partial charge in [0.15, 0.2) is 0 Å². The van der Waals surface area contributed by atoms with Crippen molar-refractivity contribution in [3.05, 3.63) is 34.9 Å². The molecule has 0 saturated carbocycles. The Kier molecular flexibility index (Phi) is 4.83. The first-order valence-electron chi connectivity index (χ1n) is 6.99. The third-order valence-corrected chi connectivity index (χ3v) is 3.81. The second-order valence-corrected chi connectivity index (χ2v) is 5.41. The van der Waals surface area contributed by atoms with Crippen molar-refractivity contribution in [3.8, 4) is 0 Å². The van der Waals surface area contributed by atoms with Gasteiger partial charge in [0.2, 0.25) is 5.91 Å². The predicted molar refractivity (Wildman–Crippen MR) is 78.0 cm³/mol. The first-order valence-corrected chi connectivity index (χ1v) is 7.37. The van der Waals surface area contributed by atoms with Crippen LogP contribution in [0.2, 0.25) is 5.02 Å². The number of nitrogens with one attached hydrogen (secondary N) is 1. The molecule has 0 spiro atoms. The van der Waals surface area contributed by atoms with E-state index in [0.717, 1.165) is 31.4 Å². The minimum absolute atomic E-state index is 0.0392. The molecule has 2 atom stereocenters. The van der Waals surface area contributed by atoms with E-state index >= 15 is 0 Å². The summed E-state index contributed by atoms with van der Waals surface area (Å²) < 4.78 is 0. The number of benzene rings is 1. The normalized spacial score (nSPS) is 23.1. The maximum absolute atomic E-state index is 12.3. The largest absolute Gasteiger partial charge is 0.322 e. The van der Waals surface area contributed by atoms with Crippen LogP contribution in [0, 0.1) is 0 Å². The van der Waals surface area contributed by atoms with Crippen LogP contribution in [-0.4, -0.2) is 23.4 Å². The summed E-state index contributed by atoms with van der Waals surface area (Å²) in [6, 6.07) is 7.68. The Morgan fingerprint density at radius 3 is 2.79 bits per heavy atom. The van der Waals surface area contributed by atoms with Gasteiger partial charge in [-0.05, 0) is 30.5 Å². The highest BCUT2D eigenvalue weighted by Crippen LogP contribution is 2.28. The lowest BCUT2D eigenvalue weighted by Crippen LogP contribution is -2.31. The summed E-state index contributed by atoms with van der Waals surface area (Å²) in [6.07, 6.45) is 2.89. The van der Waals surface area contributed by atoms with E-state index in [1.54, 1.807) is 0 Å². The molecule has 19 heavy (non-hydrogen) atoms. The average Bonchev–Trinajstić information content (AvgIpc) is 2.73. The molecule has 1 aliphatic rings. The smallest absolute Gasteiger partial charge is 0.241 e. The van der Waals surface area contributed by atoms with Gasteiger partial charge in [0.05, 0.1) is 6.04 Å². The van der Waals surface area contributed by atoms with Crippen molar-refractivity contribution >= 4 is 17.5 Å². The van der Waals surface area contributed by atoms with Crippen molar-refractivity contribution in [3.63, 3.8) is 0 Å². The first kappa shape index (κ1) is 14.4. The summed E-state index contributed by atoms with van der Waals surface area (Å²) in [6.45, 7) is 4.98. The monoisotopic (exact) mass is 280 g/mol. The van der Waals surface area contributed by atoms with Gasteiger partial charge in [-0.25, -0.2) is 0 Å². The van der Waals surface area contributed by atoms with Crippen LogP contribution < -0.4 is 5.32 Å². The van der Waals surface area contributed by atoms with Gasteiger partial charge in [-0.2, -0.15) is 0 Å². The SMILES string of the molecule is CCCCN1C(=O)C(CC)NC1c1cccc(Cl)c1. The van der Waals surface area contributed by atoms with E-state index in [-0.39, 0.29) is 18.1 Å². The summed E-state index contributed by atoms with van der Waals surface area (Å²) in [7, 11) is 0. The number of unbranched alkanes of at least 4 members (excludes halogenated alkanes) is 1. The van der Waals surface area contributed by atoms with Gasteiger partial charge in [0, 0.05) is 11.6 Å². The maximum atomic E-state index is 12.3. The molecule has 2 unspecified atom stereocenters. The fourth-order valence-corrected chi connectivity index (χ4v) is 2.69. The lowest BCUT2D eigenvalue weighted by molar-refractivity contribution is -0.130. The molecule has 3 nitrogen and oxygen atoms in total. The number of amides is 1. The number of carbonyl (C=O) groups excluding carboxylic acids is 1. The number of nitrogens with zero attached hydrogens (tertiary/aromatic N) is 1. The van der Waals surface area contributed by atoms with Crippen LogP contribution in [0.3, 0.4) is 0 Å². The highest BCUT2D eigenvalue weighted by molar-refractivity contribution is 6.30. The highest BCUT2D eigenvalue weighted by atomic mass is 35.5. The molecule has 1 aliphatic heterocycles. The Morgan fingerprint density at radius 1 is 1.37 bits per heavy atom. The van der Waals surface area contributed by atoms with Crippen molar-refractivity contribution in [2.24, 2.45) is 0 Å². The minimum Gasteiger partial charge on any atom is -0.322 e. The van der Waals surface area contributed by atoms with Gasteiger partial charge in [-0.1, -0.05) is 44.0 Å². The fraction of sp³-hybridized carbons (Fsp3) is 0.533. The molecular formula is C15H21ClN2O. The van der Waals surface area contributed by atoms with Crippen LogP contribution >= 0.6 is 11.6 Å². The molecule has 1 aromatic rings. The minimum atomic E-state index is -0.0687. The van der Waals surface area contributed by atoms with Gasteiger partial charge in [-0.3, -0.25) is 10.1 Å². The van der Waals surface area contributed by atoms with Gasteiger partial charge >= 0.3 is 0 Å². The van der Waals surface area contributed by atoms with Crippen molar-refractivity contribution in [1.82, 2.24) is 10.2 Å². The Hall–Kier alpha value is -1.06. The molecule has 2 rings (SSSR count). The molecule has 1 fully saturated rings. The fourth-order valence-electron chi connectivity index (χ4n) is 2.49. The predicted octanol–water partition coefficient (Wildman–Crippen LogP) is 3.35. The Labute approximate surface area is 119 Å². The van der Waals surface area contributed by atoms with E-state index in [1.807, 2.05) is 36.1 Å². The molecule has 0 aromatic heterocycles. The van der Waals surface area contributed by atoms with Crippen molar-refractivity contribution in [1.29, 1.82) is 0 Å². The number of rotatable bonds is 5. The molecule has 1 heterocycles. The van der Waals surface area contributed by atoms with Gasteiger partial charge < -0.3 is 4.90 Å². The molecular weight excluding hydrogens is 260 g/mol. The van der Waals surface area contributed by atoms with E-state index in [0.29, 0.717) is 5.02 Å². The van der Waals surface area contributed by atoms with E-state index in [1.165, 1.54) is 0 Å². The number of hydrogen-bond donors (Lipinski definition) is 1. The summed E-state index contributed by atoms with van der Waals surface area (Å²) >= 11 is 6.05. The molecule has 4 heteroatoms. The molecule has 104 valence electrons. The zero-order valence-corrected chi connectivity index (χ0v) is 12.3. The number of carbonyl (C=O) groups is 1. The van der Waals surface area contributed by atoms with E-state index in [4.69, 9.17) is 11.6 Å². The van der Waals surface area contributed by atoms with Crippen LogP contribution in [-0.2, 0) is 4.79 Å². The molecule has 1 aromatic carbocycles. The average molecular weight is 281 g/mol. The van der Waals surface area contributed by atoms with Crippen LogP contribution in [0.4, 0.5) is 0 Å². The van der Waals surface area contributed by atoms with Crippen molar-refractivity contribution in [2.75, 3.05) is 6.54 Å². The van der Waals surface area contributed by atoms with Gasteiger partial charge in [0.1, 0.15) is 6.17 Å². The van der Waals surface area contributed by atoms with Gasteiger partial charge in [0.25, 0.3) is 0 Å². The zero-order chi connectivity index (χ0) is 13.8.